The van der Waals surface area contributed by atoms with E-state index in [2.05, 4.69) is 23.1 Å². The van der Waals surface area contributed by atoms with Crippen LogP contribution in [0.2, 0.25) is 0 Å². The SMILES string of the molecule is CN(Cc1ccccc1N1CCCCC1)C(=O)C1CCN(S(N)(=O)=O)CC1. The number of benzene rings is 1. The predicted molar refractivity (Wildman–Crippen MR) is 106 cm³/mol. The minimum Gasteiger partial charge on any atom is -0.371 e. The molecule has 1 aromatic carbocycles. The van der Waals surface area contributed by atoms with E-state index in [0.29, 0.717) is 32.5 Å². The Bertz CT molecular complexity index is 754. The molecule has 0 bridgehead atoms. The lowest BCUT2D eigenvalue weighted by Crippen LogP contribution is -2.45. The molecule has 27 heavy (non-hydrogen) atoms. The minimum absolute atomic E-state index is 0.0810. The Morgan fingerprint density at radius 3 is 2.37 bits per heavy atom. The Morgan fingerprint density at radius 1 is 1.11 bits per heavy atom. The van der Waals surface area contributed by atoms with Crippen LogP contribution in [-0.2, 0) is 21.5 Å². The van der Waals surface area contributed by atoms with Crippen molar-refractivity contribution in [3.63, 3.8) is 0 Å². The van der Waals surface area contributed by atoms with Crippen LogP contribution in [0.3, 0.4) is 0 Å². The third-order valence-corrected chi connectivity index (χ3v) is 6.72. The molecule has 0 saturated carbocycles. The third kappa shape index (κ3) is 5.00. The lowest BCUT2D eigenvalue weighted by molar-refractivity contribution is -0.135. The normalized spacial score (nSPS) is 19.9. The second-order valence-electron chi connectivity index (χ2n) is 7.59. The smallest absolute Gasteiger partial charge is 0.276 e. The molecule has 2 heterocycles. The summed E-state index contributed by atoms with van der Waals surface area (Å²) >= 11 is 0. The van der Waals surface area contributed by atoms with Gasteiger partial charge in [0.15, 0.2) is 0 Å². The van der Waals surface area contributed by atoms with E-state index in [9.17, 15) is 13.2 Å². The van der Waals surface area contributed by atoms with E-state index in [-0.39, 0.29) is 11.8 Å². The molecule has 1 amide bonds. The Balaban J connectivity index is 1.62. The zero-order valence-electron chi connectivity index (χ0n) is 16.0. The van der Waals surface area contributed by atoms with Crippen LogP contribution in [0.15, 0.2) is 24.3 Å². The van der Waals surface area contributed by atoms with Gasteiger partial charge in [-0.15, -0.1) is 0 Å². The van der Waals surface area contributed by atoms with Gasteiger partial charge in [0, 0.05) is 51.4 Å². The maximum atomic E-state index is 12.9. The molecule has 0 radical (unpaired) electrons. The van der Waals surface area contributed by atoms with Crippen molar-refractivity contribution >= 4 is 21.8 Å². The Labute approximate surface area is 162 Å². The summed E-state index contributed by atoms with van der Waals surface area (Å²) in [6.07, 6.45) is 4.76. The highest BCUT2D eigenvalue weighted by atomic mass is 32.2. The van der Waals surface area contributed by atoms with Crippen molar-refractivity contribution in [2.24, 2.45) is 11.1 Å². The van der Waals surface area contributed by atoms with E-state index < -0.39 is 10.2 Å². The molecule has 0 atom stereocenters. The molecule has 2 saturated heterocycles. The monoisotopic (exact) mass is 394 g/mol. The van der Waals surface area contributed by atoms with Gasteiger partial charge in [0.25, 0.3) is 10.2 Å². The summed E-state index contributed by atoms with van der Waals surface area (Å²) in [5.74, 6) is -0.0623. The molecule has 2 fully saturated rings. The van der Waals surface area contributed by atoms with Crippen LogP contribution >= 0.6 is 0 Å². The summed E-state index contributed by atoms with van der Waals surface area (Å²) < 4.78 is 24.1. The quantitative estimate of drug-likeness (QED) is 0.821. The molecule has 3 rings (SSSR count). The summed E-state index contributed by atoms with van der Waals surface area (Å²) in [5.41, 5.74) is 2.39. The number of carbonyl (C=O) groups excluding carboxylic acids is 1. The van der Waals surface area contributed by atoms with Gasteiger partial charge in [0.1, 0.15) is 0 Å². The van der Waals surface area contributed by atoms with Gasteiger partial charge in [0.05, 0.1) is 0 Å². The number of hydrogen-bond donors (Lipinski definition) is 1. The van der Waals surface area contributed by atoms with E-state index in [4.69, 9.17) is 5.14 Å². The van der Waals surface area contributed by atoms with Crippen molar-refractivity contribution in [2.45, 2.75) is 38.6 Å². The van der Waals surface area contributed by atoms with Crippen LogP contribution in [0.1, 0.15) is 37.7 Å². The van der Waals surface area contributed by atoms with Gasteiger partial charge in [0.2, 0.25) is 5.91 Å². The van der Waals surface area contributed by atoms with Crippen LogP contribution in [0.4, 0.5) is 5.69 Å². The molecule has 7 nitrogen and oxygen atoms in total. The van der Waals surface area contributed by atoms with Crippen molar-refractivity contribution < 1.29 is 13.2 Å². The number of nitrogens with zero attached hydrogens (tertiary/aromatic N) is 3. The Morgan fingerprint density at radius 2 is 1.74 bits per heavy atom. The number of para-hydroxylation sites is 1. The summed E-state index contributed by atoms with van der Waals surface area (Å²) in [4.78, 5) is 17.1. The standard InChI is InChI=1S/C19H30N4O3S/c1-21(19(24)16-9-13-23(14-10-16)27(20,25)26)15-17-7-3-4-8-18(17)22-11-5-2-6-12-22/h3-4,7-8,16H,2,5-6,9-15H2,1H3,(H2,20,25,26). The van der Waals surface area contributed by atoms with Gasteiger partial charge in [-0.1, -0.05) is 18.2 Å². The molecular formula is C19H30N4O3S. The summed E-state index contributed by atoms with van der Waals surface area (Å²) in [5, 5.41) is 5.18. The molecule has 1 aromatic rings. The molecule has 2 aliphatic rings. The first-order chi connectivity index (χ1) is 12.9. The molecule has 0 aromatic heterocycles. The van der Waals surface area contributed by atoms with Crippen LogP contribution in [0, 0.1) is 5.92 Å². The Kier molecular flexibility index (Phi) is 6.39. The van der Waals surface area contributed by atoms with Gasteiger partial charge in [-0.05, 0) is 43.7 Å². The van der Waals surface area contributed by atoms with Gasteiger partial charge in [-0.3, -0.25) is 4.79 Å². The number of hydrogen-bond acceptors (Lipinski definition) is 4. The second kappa shape index (κ2) is 8.58. The fraction of sp³-hybridized carbons (Fsp3) is 0.632. The molecule has 2 N–H and O–H groups in total. The summed E-state index contributed by atoms with van der Waals surface area (Å²) in [7, 11) is -1.82. The number of piperidine rings is 2. The van der Waals surface area contributed by atoms with E-state index in [0.717, 1.165) is 18.7 Å². The average Bonchev–Trinajstić information content (AvgIpc) is 2.68. The first-order valence-electron chi connectivity index (χ1n) is 9.72. The first-order valence-corrected chi connectivity index (χ1v) is 11.2. The zero-order chi connectivity index (χ0) is 19.4. The molecule has 0 spiro atoms. The van der Waals surface area contributed by atoms with E-state index in [1.807, 2.05) is 13.1 Å². The summed E-state index contributed by atoms with van der Waals surface area (Å²) in [6.45, 7) is 3.34. The largest absolute Gasteiger partial charge is 0.371 e. The molecule has 150 valence electrons. The van der Waals surface area contributed by atoms with Crippen LogP contribution in [-0.4, -0.2) is 56.8 Å². The number of amides is 1. The van der Waals surface area contributed by atoms with Crippen molar-refractivity contribution in [1.29, 1.82) is 0 Å². The number of nitrogens with two attached hydrogens (primary N) is 1. The van der Waals surface area contributed by atoms with Crippen molar-refractivity contribution in [1.82, 2.24) is 9.21 Å². The molecular weight excluding hydrogens is 364 g/mol. The average molecular weight is 395 g/mol. The molecule has 0 aliphatic carbocycles. The van der Waals surface area contributed by atoms with Crippen LogP contribution < -0.4 is 10.0 Å². The Hall–Kier alpha value is -1.64. The van der Waals surface area contributed by atoms with Gasteiger partial charge >= 0.3 is 0 Å². The predicted octanol–water partition coefficient (Wildman–Crippen LogP) is 1.55. The minimum atomic E-state index is -3.66. The fourth-order valence-corrected chi connectivity index (χ4v) is 4.81. The lowest BCUT2D eigenvalue weighted by Gasteiger charge is -2.33. The van der Waals surface area contributed by atoms with E-state index in [1.165, 1.54) is 29.3 Å². The van der Waals surface area contributed by atoms with Crippen molar-refractivity contribution in [2.75, 3.05) is 38.1 Å². The van der Waals surface area contributed by atoms with Gasteiger partial charge < -0.3 is 9.80 Å². The highest BCUT2D eigenvalue weighted by Gasteiger charge is 2.31. The zero-order valence-corrected chi connectivity index (χ0v) is 16.8. The van der Waals surface area contributed by atoms with Gasteiger partial charge in [-0.25, -0.2) is 5.14 Å². The maximum Gasteiger partial charge on any atom is 0.276 e. The summed E-state index contributed by atoms with van der Waals surface area (Å²) in [6, 6.07) is 8.31. The van der Waals surface area contributed by atoms with Crippen LogP contribution in [0.5, 0.6) is 0 Å². The molecule has 2 aliphatic heterocycles. The van der Waals surface area contributed by atoms with E-state index in [1.54, 1.807) is 4.90 Å². The second-order valence-corrected chi connectivity index (χ2v) is 9.14. The highest BCUT2D eigenvalue weighted by Crippen LogP contribution is 2.26. The number of anilines is 1. The lowest BCUT2D eigenvalue weighted by atomic mass is 9.96. The first kappa shape index (κ1) is 20.1. The van der Waals surface area contributed by atoms with Crippen molar-refractivity contribution in [3.8, 4) is 0 Å². The molecule has 0 unspecified atom stereocenters. The highest BCUT2D eigenvalue weighted by molar-refractivity contribution is 7.86. The number of rotatable bonds is 5. The van der Waals surface area contributed by atoms with Crippen LogP contribution in [0.25, 0.3) is 0 Å². The molecule has 8 heteroatoms. The number of carbonyl (C=O) groups is 1. The van der Waals surface area contributed by atoms with Crippen molar-refractivity contribution in [3.05, 3.63) is 29.8 Å². The topological polar surface area (TPSA) is 86.9 Å². The maximum absolute atomic E-state index is 12.9. The van der Waals surface area contributed by atoms with E-state index >= 15 is 0 Å². The fourth-order valence-electron chi connectivity index (χ4n) is 4.09. The van der Waals surface area contributed by atoms with Gasteiger partial charge in [-0.2, -0.15) is 12.7 Å². The third-order valence-electron chi connectivity index (χ3n) is 5.64.